The summed E-state index contributed by atoms with van der Waals surface area (Å²) in [5.74, 6) is 0.926. The lowest BCUT2D eigenvalue weighted by atomic mass is 9.89. The van der Waals surface area contributed by atoms with Gasteiger partial charge in [0.2, 0.25) is 5.88 Å². The Balaban J connectivity index is 1.58. The number of ether oxygens (including phenoxy) is 1. The lowest BCUT2D eigenvalue weighted by Gasteiger charge is -2.26. The lowest BCUT2D eigenvalue weighted by molar-refractivity contribution is 0.180. The summed E-state index contributed by atoms with van der Waals surface area (Å²) < 4.78 is 5.93. The Bertz CT molecular complexity index is 1010. The van der Waals surface area contributed by atoms with E-state index in [1.165, 1.54) is 43.5 Å². The summed E-state index contributed by atoms with van der Waals surface area (Å²) in [5, 5.41) is 9.79. The zero-order chi connectivity index (χ0) is 22.2. The molecule has 0 spiro atoms. The first-order chi connectivity index (χ1) is 15.7. The maximum absolute atomic E-state index is 9.79. The van der Waals surface area contributed by atoms with E-state index in [9.17, 15) is 5.11 Å². The number of likely N-dealkylation sites (tertiary alicyclic amines) is 1. The van der Waals surface area contributed by atoms with Crippen LogP contribution >= 0.6 is 0 Å². The molecule has 0 saturated carbocycles. The fraction of sp³-hybridized carbons (Fsp3) is 0.321. The van der Waals surface area contributed by atoms with E-state index in [0.717, 1.165) is 29.7 Å². The van der Waals surface area contributed by atoms with Crippen molar-refractivity contribution < 1.29 is 9.84 Å². The van der Waals surface area contributed by atoms with Gasteiger partial charge in [0.05, 0.1) is 0 Å². The van der Waals surface area contributed by atoms with Crippen LogP contribution in [0.25, 0.3) is 11.1 Å². The van der Waals surface area contributed by atoms with Gasteiger partial charge in [-0.05, 0) is 72.8 Å². The third-order valence-electron chi connectivity index (χ3n) is 6.06. The predicted molar refractivity (Wildman–Crippen MR) is 131 cm³/mol. The number of hydrogen-bond acceptors (Lipinski definition) is 4. The van der Waals surface area contributed by atoms with Crippen LogP contribution in [0.1, 0.15) is 49.3 Å². The van der Waals surface area contributed by atoms with E-state index in [1.54, 1.807) is 12.1 Å². The average Bonchev–Trinajstić information content (AvgIpc) is 2.85. The second-order valence-electron chi connectivity index (χ2n) is 8.26. The van der Waals surface area contributed by atoms with E-state index in [2.05, 4.69) is 47.1 Å². The minimum Gasteiger partial charge on any atom is -0.508 e. The zero-order valence-corrected chi connectivity index (χ0v) is 18.8. The quantitative estimate of drug-likeness (QED) is 0.446. The van der Waals surface area contributed by atoms with E-state index >= 15 is 0 Å². The molecule has 4 heteroatoms. The molecule has 0 atom stereocenters. The highest BCUT2D eigenvalue weighted by Gasteiger charge is 2.14. The van der Waals surface area contributed by atoms with Gasteiger partial charge in [-0.2, -0.15) is 0 Å². The number of phenolic OH excluding ortho intramolecular Hbond substituents is 1. The molecular weight excluding hydrogens is 396 g/mol. The van der Waals surface area contributed by atoms with Crippen molar-refractivity contribution in [2.24, 2.45) is 0 Å². The number of allylic oxidation sites excluding steroid dienone is 1. The summed E-state index contributed by atoms with van der Waals surface area (Å²) in [6, 6.07) is 21.9. The normalized spacial score (nSPS) is 15.3. The first kappa shape index (κ1) is 22.1. The molecule has 0 radical (unpaired) electrons. The average molecular weight is 429 g/mol. The van der Waals surface area contributed by atoms with E-state index in [4.69, 9.17) is 4.74 Å². The molecule has 1 aliphatic heterocycles. The van der Waals surface area contributed by atoms with Crippen LogP contribution in [0.2, 0.25) is 0 Å². The molecule has 32 heavy (non-hydrogen) atoms. The van der Waals surface area contributed by atoms with Crippen molar-refractivity contribution in [2.75, 3.05) is 26.2 Å². The highest BCUT2D eigenvalue weighted by molar-refractivity contribution is 5.98. The maximum atomic E-state index is 9.79. The largest absolute Gasteiger partial charge is 0.508 e. The Kier molecular flexibility index (Phi) is 7.57. The molecule has 166 valence electrons. The second kappa shape index (κ2) is 11.0. The van der Waals surface area contributed by atoms with Crippen LogP contribution in [0.4, 0.5) is 0 Å². The first-order valence-corrected chi connectivity index (χ1v) is 11.6. The Labute approximate surface area is 191 Å². The van der Waals surface area contributed by atoms with Crippen molar-refractivity contribution in [1.82, 2.24) is 9.88 Å². The van der Waals surface area contributed by atoms with Crippen molar-refractivity contribution in [1.29, 1.82) is 0 Å². The molecule has 4 nitrogen and oxygen atoms in total. The van der Waals surface area contributed by atoms with Crippen LogP contribution < -0.4 is 4.74 Å². The van der Waals surface area contributed by atoms with Crippen molar-refractivity contribution in [3.63, 3.8) is 0 Å². The number of hydrogen-bond donors (Lipinski definition) is 1. The van der Waals surface area contributed by atoms with Gasteiger partial charge in [-0.1, -0.05) is 55.8 Å². The molecule has 0 aliphatic carbocycles. The first-order valence-electron chi connectivity index (χ1n) is 11.6. The number of aromatic hydroxyl groups is 1. The minimum atomic E-state index is 0.265. The molecule has 3 aromatic rings. The van der Waals surface area contributed by atoms with Gasteiger partial charge in [0.1, 0.15) is 12.4 Å². The summed E-state index contributed by atoms with van der Waals surface area (Å²) in [7, 11) is 0. The van der Waals surface area contributed by atoms with Crippen LogP contribution in [0.3, 0.4) is 0 Å². The molecule has 4 rings (SSSR count). The zero-order valence-electron chi connectivity index (χ0n) is 18.8. The van der Waals surface area contributed by atoms with Gasteiger partial charge in [-0.3, -0.25) is 4.90 Å². The van der Waals surface area contributed by atoms with Crippen molar-refractivity contribution >= 4 is 11.1 Å². The number of phenols is 1. The van der Waals surface area contributed by atoms with E-state index in [1.807, 2.05) is 30.5 Å². The van der Waals surface area contributed by atoms with Gasteiger partial charge >= 0.3 is 0 Å². The van der Waals surface area contributed by atoms with Crippen LogP contribution in [0.15, 0.2) is 72.9 Å². The molecule has 1 N–H and O–H groups in total. The van der Waals surface area contributed by atoms with Crippen LogP contribution in [-0.4, -0.2) is 41.2 Å². The molecule has 2 aromatic carbocycles. The second-order valence-corrected chi connectivity index (χ2v) is 8.26. The number of piperidine rings is 1. The van der Waals surface area contributed by atoms with Crippen molar-refractivity contribution in [2.45, 2.75) is 32.6 Å². The highest BCUT2D eigenvalue weighted by Crippen LogP contribution is 2.35. The third kappa shape index (κ3) is 5.57. The fourth-order valence-electron chi connectivity index (χ4n) is 4.38. The molecule has 2 heterocycles. The highest BCUT2D eigenvalue weighted by atomic mass is 16.5. The molecule has 1 fully saturated rings. The number of pyridine rings is 1. The summed E-state index contributed by atoms with van der Waals surface area (Å²) in [6.45, 7) is 6.15. The maximum Gasteiger partial charge on any atom is 0.213 e. The van der Waals surface area contributed by atoms with Gasteiger partial charge < -0.3 is 9.84 Å². The van der Waals surface area contributed by atoms with Crippen molar-refractivity contribution in [3.8, 4) is 11.6 Å². The Morgan fingerprint density at radius 3 is 2.25 bits per heavy atom. The summed E-state index contributed by atoms with van der Waals surface area (Å²) >= 11 is 0. The van der Waals surface area contributed by atoms with Crippen LogP contribution in [-0.2, 0) is 0 Å². The van der Waals surface area contributed by atoms with Gasteiger partial charge in [-0.25, -0.2) is 4.98 Å². The van der Waals surface area contributed by atoms with Crippen LogP contribution in [0.5, 0.6) is 11.6 Å². The fourth-order valence-corrected chi connectivity index (χ4v) is 4.38. The number of nitrogens with zero attached hydrogens (tertiary/aromatic N) is 2. The number of aromatic nitrogens is 1. The SMILES string of the molecule is CC/C(=C(\c1ccc(O)cc1)c1ccc(OCCN2CCCCC2)nc1)c1ccccc1. The van der Waals surface area contributed by atoms with E-state index in [-0.39, 0.29) is 5.75 Å². The predicted octanol–water partition coefficient (Wildman–Crippen LogP) is 6.02. The topological polar surface area (TPSA) is 45.6 Å². The van der Waals surface area contributed by atoms with Gasteiger partial charge in [0.15, 0.2) is 0 Å². The monoisotopic (exact) mass is 428 g/mol. The molecule has 1 aromatic heterocycles. The van der Waals surface area contributed by atoms with Crippen molar-refractivity contribution in [3.05, 3.63) is 89.6 Å². The van der Waals surface area contributed by atoms with Gasteiger partial charge in [0.25, 0.3) is 0 Å². The Hall–Kier alpha value is -3.11. The molecule has 1 saturated heterocycles. The molecule has 0 amide bonds. The standard InChI is InChI=1S/C28H32N2O2/c1-2-26(22-9-5-3-6-10-22)28(23-11-14-25(31)15-12-23)24-13-16-27(29-21-24)32-20-19-30-17-7-4-8-18-30/h3,5-6,9-16,21,31H,2,4,7-8,17-20H2,1H3/b28-26-. The molecule has 1 aliphatic rings. The van der Waals surface area contributed by atoms with Crippen LogP contribution in [0, 0.1) is 0 Å². The van der Waals surface area contributed by atoms with E-state index in [0.29, 0.717) is 12.5 Å². The summed E-state index contributed by atoms with van der Waals surface area (Å²) in [4.78, 5) is 7.08. The van der Waals surface area contributed by atoms with Gasteiger partial charge in [0, 0.05) is 24.4 Å². The Morgan fingerprint density at radius 2 is 1.59 bits per heavy atom. The lowest BCUT2D eigenvalue weighted by Crippen LogP contribution is -2.33. The molecule has 0 unspecified atom stereocenters. The van der Waals surface area contributed by atoms with E-state index < -0.39 is 0 Å². The minimum absolute atomic E-state index is 0.265. The van der Waals surface area contributed by atoms with Gasteiger partial charge in [-0.15, -0.1) is 0 Å². The smallest absolute Gasteiger partial charge is 0.213 e. The summed E-state index contributed by atoms with van der Waals surface area (Å²) in [5.41, 5.74) is 5.67. The molecular formula is C28H32N2O2. The summed E-state index contributed by atoms with van der Waals surface area (Å²) in [6.07, 6.45) is 6.71. The Morgan fingerprint density at radius 1 is 0.875 bits per heavy atom. The molecule has 0 bridgehead atoms. The number of benzene rings is 2. The number of rotatable bonds is 8. The third-order valence-corrected chi connectivity index (χ3v) is 6.06.